The largest absolute Gasteiger partial charge is 0.327 e. The Balaban J connectivity index is 1.86. The Morgan fingerprint density at radius 3 is 2.53 bits per heavy atom. The average Bonchev–Trinajstić information content (AvgIpc) is 2.67. The topological polar surface area (TPSA) is 43.8 Å². The van der Waals surface area contributed by atoms with Crippen LogP contribution in [0.25, 0.3) is 0 Å². The third-order valence-electron chi connectivity index (χ3n) is 3.06. The van der Waals surface area contributed by atoms with Crippen LogP contribution in [0.3, 0.4) is 0 Å². The van der Waals surface area contributed by atoms with Crippen LogP contribution in [0.5, 0.6) is 0 Å². The summed E-state index contributed by atoms with van der Waals surface area (Å²) in [5.74, 6) is 0.924. The zero-order chi connectivity index (χ0) is 13.8. The van der Waals surface area contributed by atoms with Gasteiger partial charge >= 0.3 is 0 Å². The highest BCUT2D eigenvalue weighted by atomic mass is 32.2. The summed E-state index contributed by atoms with van der Waals surface area (Å²) >= 11 is 1.81. The molecule has 0 amide bonds. The maximum atomic E-state index is 6.20. The molecular formula is C15H21N3S. The van der Waals surface area contributed by atoms with Crippen molar-refractivity contribution >= 4 is 11.8 Å². The summed E-state index contributed by atoms with van der Waals surface area (Å²) in [6, 6.07) is 10.8. The molecule has 102 valence electrons. The molecule has 3 nitrogen and oxygen atoms in total. The molecule has 0 aliphatic carbocycles. The highest BCUT2D eigenvalue weighted by molar-refractivity contribution is 7.99. The van der Waals surface area contributed by atoms with Gasteiger partial charge in [-0.2, -0.15) is 5.10 Å². The summed E-state index contributed by atoms with van der Waals surface area (Å²) in [4.78, 5) is 1.28. The van der Waals surface area contributed by atoms with Gasteiger partial charge in [0.25, 0.3) is 0 Å². The summed E-state index contributed by atoms with van der Waals surface area (Å²) in [5, 5.41) is 4.35. The molecule has 1 heterocycles. The Bertz CT molecular complexity index is 531. The number of nitrogens with zero attached hydrogens (tertiary/aromatic N) is 2. The van der Waals surface area contributed by atoms with Crippen LogP contribution in [0.15, 0.2) is 35.2 Å². The number of hydrogen-bond donors (Lipinski definition) is 1. The van der Waals surface area contributed by atoms with E-state index in [1.165, 1.54) is 16.2 Å². The molecule has 2 aromatic rings. The van der Waals surface area contributed by atoms with Crippen LogP contribution in [0.2, 0.25) is 0 Å². The molecule has 1 aromatic heterocycles. The van der Waals surface area contributed by atoms with E-state index in [1.807, 2.05) is 30.4 Å². The molecule has 0 saturated heterocycles. The molecule has 0 fully saturated rings. The van der Waals surface area contributed by atoms with Gasteiger partial charge in [-0.05, 0) is 32.0 Å². The van der Waals surface area contributed by atoms with Gasteiger partial charge in [-0.1, -0.05) is 17.7 Å². The quantitative estimate of drug-likeness (QED) is 0.853. The van der Waals surface area contributed by atoms with Crippen molar-refractivity contribution in [2.45, 2.75) is 31.2 Å². The van der Waals surface area contributed by atoms with Gasteiger partial charge in [-0.15, -0.1) is 11.8 Å². The second-order valence-electron chi connectivity index (χ2n) is 4.99. The van der Waals surface area contributed by atoms with Gasteiger partial charge in [0.1, 0.15) is 0 Å². The lowest BCUT2D eigenvalue weighted by Crippen LogP contribution is -2.26. The molecule has 19 heavy (non-hydrogen) atoms. The van der Waals surface area contributed by atoms with Crippen molar-refractivity contribution in [3.63, 3.8) is 0 Å². The van der Waals surface area contributed by atoms with E-state index in [1.54, 1.807) is 0 Å². The van der Waals surface area contributed by atoms with E-state index in [9.17, 15) is 0 Å². The van der Waals surface area contributed by atoms with E-state index >= 15 is 0 Å². The van der Waals surface area contributed by atoms with Gasteiger partial charge in [0.15, 0.2) is 0 Å². The van der Waals surface area contributed by atoms with E-state index in [4.69, 9.17) is 5.73 Å². The van der Waals surface area contributed by atoms with Crippen molar-refractivity contribution < 1.29 is 0 Å². The summed E-state index contributed by atoms with van der Waals surface area (Å²) < 4.78 is 1.92. The summed E-state index contributed by atoms with van der Waals surface area (Å²) in [6.07, 6.45) is 0.871. The predicted molar refractivity (Wildman–Crippen MR) is 81.5 cm³/mol. The number of benzene rings is 1. The highest BCUT2D eigenvalue weighted by Gasteiger charge is 2.09. The molecule has 2 rings (SSSR count). The van der Waals surface area contributed by atoms with Crippen LogP contribution < -0.4 is 5.73 Å². The monoisotopic (exact) mass is 275 g/mol. The molecule has 1 unspecified atom stereocenters. The van der Waals surface area contributed by atoms with E-state index in [0.717, 1.165) is 17.9 Å². The minimum absolute atomic E-state index is 0.154. The van der Waals surface area contributed by atoms with Crippen molar-refractivity contribution in [3.05, 3.63) is 47.3 Å². The first kappa shape index (κ1) is 14.2. The maximum absolute atomic E-state index is 6.20. The van der Waals surface area contributed by atoms with Crippen molar-refractivity contribution in [1.82, 2.24) is 9.78 Å². The standard InChI is InChI=1S/C15H21N3S/c1-11-4-6-15(7-5-11)19-10-13(16)9-14-8-12(2)17-18(14)3/h4-8,13H,9-10,16H2,1-3H3. The second kappa shape index (κ2) is 6.26. The van der Waals surface area contributed by atoms with Gasteiger partial charge in [0.2, 0.25) is 0 Å². The van der Waals surface area contributed by atoms with E-state index in [2.05, 4.69) is 42.4 Å². The molecule has 0 aliphatic heterocycles. The molecule has 4 heteroatoms. The van der Waals surface area contributed by atoms with E-state index < -0.39 is 0 Å². The van der Waals surface area contributed by atoms with Gasteiger partial charge in [0, 0.05) is 35.9 Å². The Hall–Kier alpha value is -1.26. The van der Waals surface area contributed by atoms with Crippen LogP contribution in [0.1, 0.15) is 17.0 Å². The Morgan fingerprint density at radius 1 is 1.26 bits per heavy atom. The number of aryl methyl sites for hydroxylation is 3. The minimum atomic E-state index is 0.154. The Kier molecular flexibility index (Phi) is 4.66. The maximum Gasteiger partial charge on any atom is 0.0596 e. The fourth-order valence-electron chi connectivity index (χ4n) is 2.02. The fourth-order valence-corrected chi connectivity index (χ4v) is 2.87. The van der Waals surface area contributed by atoms with Crippen molar-refractivity contribution in [1.29, 1.82) is 0 Å². The van der Waals surface area contributed by atoms with E-state index in [-0.39, 0.29) is 6.04 Å². The molecule has 0 radical (unpaired) electrons. The second-order valence-corrected chi connectivity index (χ2v) is 6.08. The van der Waals surface area contributed by atoms with Crippen LogP contribution in [-0.4, -0.2) is 21.6 Å². The number of hydrogen-bond acceptors (Lipinski definition) is 3. The van der Waals surface area contributed by atoms with Crippen molar-refractivity contribution in [2.75, 3.05) is 5.75 Å². The number of nitrogens with two attached hydrogens (primary N) is 1. The molecule has 1 aromatic carbocycles. The van der Waals surface area contributed by atoms with Crippen LogP contribution in [0.4, 0.5) is 0 Å². The lowest BCUT2D eigenvalue weighted by molar-refractivity contribution is 0.653. The number of thioether (sulfide) groups is 1. The first-order valence-corrected chi connectivity index (χ1v) is 7.47. The van der Waals surface area contributed by atoms with Crippen molar-refractivity contribution in [2.24, 2.45) is 12.8 Å². The van der Waals surface area contributed by atoms with Crippen LogP contribution in [-0.2, 0) is 13.5 Å². The third kappa shape index (κ3) is 4.11. The number of rotatable bonds is 5. The summed E-state index contributed by atoms with van der Waals surface area (Å²) in [5.41, 5.74) is 9.75. The highest BCUT2D eigenvalue weighted by Crippen LogP contribution is 2.19. The predicted octanol–water partition coefficient (Wildman–Crippen LogP) is 2.70. The first-order valence-electron chi connectivity index (χ1n) is 6.49. The molecule has 0 aliphatic rings. The van der Waals surface area contributed by atoms with Crippen LogP contribution >= 0.6 is 11.8 Å². The summed E-state index contributed by atoms with van der Waals surface area (Å²) in [6.45, 7) is 4.11. The molecule has 1 atom stereocenters. The molecule has 0 bridgehead atoms. The van der Waals surface area contributed by atoms with Gasteiger partial charge in [-0.3, -0.25) is 4.68 Å². The Labute approximate surface area is 119 Å². The van der Waals surface area contributed by atoms with Gasteiger partial charge in [0.05, 0.1) is 5.69 Å². The molecule has 0 saturated carbocycles. The summed E-state index contributed by atoms with van der Waals surface area (Å²) in [7, 11) is 1.97. The smallest absolute Gasteiger partial charge is 0.0596 e. The zero-order valence-electron chi connectivity index (χ0n) is 11.8. The van der Waals surface area contributed by atoms with Crippen molar-refractivity contribution in [3.8, 4) is 0 Å². The SMILES string of the molecule is Cc1ccc(SCC(N)Cc2cc(C)nn2C)cc1. The fraction of sp³-hybridized carbons (Fsp3) is 0.400. The normalized spacial score (nSPS) is 12.6. The van der Waals surface area contributed by atoms with Gasteiger partial charge in [-0.25, -0.2) is 0 Å². The number of aromatic nitrogens is 2. The third-order valence-corrected chi connectivity index (χ3v) is 4.26. The zero-order valence-corrected chi connectivity index (χ0v) is 12.6. The first-order chi connectivity index (χ1) is 9.04. The van der Waals surface area contributed by atoms with E-state index in [0.29, 0.717) is 0 Å². The average molecular weight is 275 g/mol. The molecule has 2 N–H and O–H groups in total. The lowest BCUT2D eigenvalue weighted by atomic mass is 10.2. The lowest BCUT2D eigenvalue weighted by Gasteiger charge is -2.11. The molecule has 0 spiro atoms. The molecular weight excluding hydrogens is 254 g/mol. The van der Waals surface area contributed by atoms with Crippen LogP contribution in [0, 0.1) is 13.8 Å². The minimum Gasteiger partial charge on any atom is -0.327 e. The Morgan fingerprint density at radius 2 is 1.95 bits per heavy atom. The van der Waals surface area contributed by atoms with Gasteiger partial charge < -0.3 is 5.73 Å².